The van der Waals surface area contributed by atoms with Gasteiger partial charge in [0.1, 0.15) is 59.6 Å². The number of aromatic hydroxyl groups is 2. The van der Waals surface area contributed by atoms with Crippen molar-refractivity contribution in [1.82, 2.24) is 0 Å². The van der Waals surface area contributed by atoms with E-state index in [1.54, 1.807) is 0 Å². The van der Waals surface area contributed by atoms with Gasteiger partial charge in [-0.05, 0) is 29.8 Å². The van der Waals surface area contributed by atoms with E-state index in [4.69, 9.17) is 18.9 Å². The van der Waals surface area contributed by atoms with Crippen LogP contribution in [-0.4, -0.2) is 124 Å². The minimum Gasteiger partial charge on any atom is -0.508 e. The molecule has 2 aliphatic heterocycles. The van der Waals surface area contributed by atoms with Crippen LogP contribution < -0.4 is 9.47 Å². The maximum Gasteiger partial charge on any atom is 0.335 e. The Hall–Kier alpha value is -4.00. The summed E-state index contributed by atoms with van der Waals surface area (Å²) in [6.45, 7) is 0. The zero-order valence-electron chi connectivity index (χ0n) is 21.3. The average molecular weight is 596 g/mol. The third kappa shape index (κ3) is 6.56. The van der Waals surface area contributed by atoms with Gasteiger partial charge in [0.25, 0.3) is 0 Å². The van der Waals surface area contributed by atoms with E-state index in [2.05, 4.69) is 0 Å². The Labute approximate surface area is 236 Å². The second-order valence-corrected chi connectivity index (χ2v) is 9.52. The smallest absolute Gasteiger partial charge is 0.335 e. The molecule has 0 radical (unpaired) electrons. The molecule has 2 aromatic rings. The summed E-state index contributed by atoms with van der Waals surface area (Å²) in [4.78, 5) is 22.7. The van der Waals surface area contributed by atoms with Crippen molar-refractivity contribution in [2.75, 3.05) is 0 Å². The Morgan fingerprint density at radius 1 is 0.643 bits per heavy atom. The summed E-state index contributed by atoms with van der Waals surface area (Å²) in [6, 6.07) is 7.49. The standard InChI is InChI=1S/C26H28O16/c27-11-4-3-10(14(8-11)40-26-20(34)16(30)18(32)22(42-26)24(37)38)2-1-9-5-12(28)7-13(6-9)39-25-19(33)15(29)17(31)21(41-25)23(35)36/h1-8,15-22,25-34H,(H,35,36)(H,37,38)/b2-1+/t15-,16-,17+,18+,19-,20-,21-,22-,25+,26+/m1/s1. The number of hydrogen-bond acceptors (Lipinski definition) is 14. The molecule has 10 N–H and O–H groups in total. The maximum atomic E-state index is 11.4. The highest BCUT2D eigenvalue weighted by Gasteiger charge is 2.49. The van der Waals surface area contributed by atoms with Crippen LogP contribution in [0.1, 0.15) is 11.1 Å². The molecular formula is C26H28O16. The van der Waals surface area contributed by atoms with Crippen LogP contribution in [0, 0.1) is 0 Å². The van der Waals surface area contributed by atoms with Crippen molar-refractivity contribution in [1.29, 1.82) is 0 Å². The molecule has 0 unspecified atom stereocenters. The summed E-state index contributed by atoms with van der Waals surface area (Å²) < 4.78 is 21.2. The van der Waals surface area contributed by atoms with Crippen molar-refractivity contribution in [3.63, 3.8) is 0 Å². The number of aliphatic hydroxyl groups excluding tert-OH is 6. The van der Waals surface area contributed by atoms with E-state index in [0.717, 1.165) is 12.1 Å². The second kappa shape index (κ2) is 12.5. The average Bonchev–Trinajstić information content (AvgIpc) is 2.92. The Morgan fingerprint density at radius 3 is 1.74 bits per heavy atom. The van der Waals surface area contributed by atoms with Gasteiger partial charge in [-0.2, -0.15) is 0 Å². The van der Waals surface area contributed by atoms with Crippen molar-refractivity contribution in [2.24, 2.45) is 0 Å². The fourth-order valence-corrected chi connectivity index (χ4v) is 4.28. The highest BCUT2D eigenvalue weighted by molar-refractivity contribution is 5.75. The van der Waals surface area contributed by atoms with Gasteiger partial charge >= 0.3 is 11.9 Å². The third-order valence-electron chi connectivity index (χ3n) is 6.49. The quantitative estimate of drug-likeness (QED) is 0.145. The largest absolute Gasteiger partial charge is 0.508 e. The Balaban J connectivity index is 1.55. The third-order valence-corrected chi connectivity index (χ3v) is 6.49. The van der Waals surface area contributed by atoms with Crippen LogP contribution in [0.15, 0.2) is 36.4 Å². The lowest BCUT2D eigenvalue weighted by molar-refractivity contribution is -0.271. The van der Waals surface area contributed by atoms with Crippen LogP contribution in [0.3, 0.4) is 0 Å². The van der Waals surface area contributed by atoms with Crippen LogP contribution in [0.2, 0.25) is 0 Å². The van der Waals surface area contributed by atoms with E-state index in [-0.39, 0.29) is 34.1 Å². The lowest BCUT2D eigenvalue weighted by Gasteiger charge is -2.38. The number of hydrogen-bond donors (Lipinski definition) is 10. The molecule has 0 aliphatic carbocycles. The van der Waals surface area contributed by atoms with E-state index in [1.165, 1.54) is 36.4 Å². The first-order valence-corrected chi connectivity index (χ1v) is 12.3. The number of carbonyl (C=O) groups is 2. The van der Waals surface area contributed by atoms with Gasteiger partial charge in [0, 0.05) is 17.7 Å². The molecule has 2 heterocycles. The number of aliphatic carboxylic acids is 2. The highest BCUT2D eigenvalue weighted by atomic mass is 16.7. The molecule has 16 heteroatoms. The normalized spacial score (nSPS) is 33.3. The Kier molecular flexibility index (Phi) is 9.19. The first kappa shape index (κ1) is 30.9. The topological polar surface area (TPSA) is 273 Å². The number of benzene rings is 2. The van der Waals surface area contributed by atoms with Crippen molar-refractivity contribution in [3.8, 4) is 23.0 Å². The molecule has 0 amide bonds. The predicted molar refractivity (Wildman–Crippen MR) is 135 cm³/mol. The fraction of sp³-hybridized carbons (Fsp3) is 0.385. The monoisotopic (exact) mass is 596 g/mol. The van der Waals surface area contributed by atoms with Crippen LogP contribution in [-0.2, 0) is 19.1 Å². The molecule has 42 heavy (non-hydrogen) atoms. The van der Waals surface area contributed by atoms with Gasteiger partial charge < -0.3 is 70.0 Å². The maximum absolute atomic E-state index is 11.4. The molecule has 4 rings (SSSR count). The van der Waals surface area contributed by atoms with E-state index < -0.39 is 73.4 Å². The minimum atomic E-state index is -1.94. The van der Waals surface area contributed by atoms with E-state index in [9.17, 15) is 60.7 Å². The van der Waals surface area contributed by atoms with Gasteiger partial charge in [-0.15, -0.1) is 0 Å². The molecule has 0 spiro atoms. The number of phenolic OH excluding ortho intramolecular Hbond substituents is 2. The molecule has 228 valence electrons. The Morgan fingerprint density at radius 2 is 1.19 bits per heavy atom. The van der Waals surface area contributed by atoms with E-state index >= 15 is 0 Å². The predicted octanol–water partition coefficient (Wildman–Crippen LogP) is -2.19. The lowest BCUT2D eigenvalue weighted by Crippen LogP contribution is -2.61. The first-order valence-electron chi connectivity index (χ1n) is 12.3. The molecule has 0 bridgehead atoms. The number of phenols is 2. The van der Waals surface area contributed by atoms with Crippen molar-refractivity contribution >= 4 is 24.1 Å². The zero-order chi connectivity index (χ0) is 30.9. The number of ether oxygens (including phenoxy) is 4. The van der Waals surface area contributed by atoms with Crippen LogP contribution in [0.4, 0.5) is 0 Å². The molecule has 2 fully saturated rings. The van der Waals surface area contributed by atoms with Gasteiger partial charge in [0.05, 0.1) is 0 Å². The first-order chi connectivity index (χ1) is 19.8. The van der Waals surface area contributed by atoms with Gasteiger partial charge in [0.2, 0.25) is 12.6 Å². The van der Waals surface area contributed by atoms with E-state index in [1.807, 2.05) is 0 Å². The van der Waals surface area contributed by atoms with Crippen molar-refractivity contribution in [3.05, 3.63) is 47.5 Å². The fourth-order valence-electron chi connectivity index (χ4n) is 4.28. The SMILES string of the molecule is O=C(O)[C@@H]1O[C@H](Oc2cc(O)cc(/C=C/c3ccc(O)cc3O[C@H]3O[C@@H](C(=O)O)[C@@H](O)[C@@H](O)[C@H]3O)c2)[C@H](O)[C@H](O)[C@@H]1O. The lowest BCUT2D eigenvalue weighted by atomic mass is 9.99. The zero-order valence-corrected chi connectivity index (χ0v) is 21.3. The second-order valence-electron chi connectivity index (χ2n) is 9.52. The van der Waals surface area contributed by atoms with Gasteiger partial charge in [-0.25, -0.2) is 9.59 Å². The molecule has 2 saturated heterocycles. The van der Waals surface area contributed by atoms with Crippen molar-refractivity contribution < 1.29 is 79.6 Å². The van der Waals surface area contributed by atoms with Gasteiger partial charge in [0.15, 0.2) is 12.2 Å². The van der Waals surface area contributed by atoms with Gasteiger partial charge in [-0.3, -0.25) is 0 Å². The molecular weight excluding hydrogens is 568 g/mol. The summed E-state index contributed by atoms with van der Waals surface area (Å²) in [5, 5.41) is 98.8. The highest BCUT2D eigenvalue weighted by Crippen LogP contribution is 2.32. The summed E-state index contributed by atoms with van der Waals surface area (Å²) in [5.74, 6) is -4.10. The van der Waals surface area contributed by atoms with Crippen LogP contribution in [0.25, 0.3) is 12.2 Å². The van der Waals surface area contributed by atoms with Crippen LogP contribution in [0.5, 0.6) is 23.0 Å². The van der Waals surface area contributed by atoms with E-state index in [0.29, 0.717) is 0 Å². The molecule has 16 nitrogen and oxygen atoms in total. The number of aliphatic hydroxyl groups is 6. The van der Waals surface area contributed by atoms with Gasteiger partial charge in [-0.1, -0.05) is 12.2 Å². The summed E-state index contributed by atoms with van der Waals surface area (Å²) in [7, 11) is 0. The molecule has 10 atom stereocenters. The molecule has 0 aromatic heterocycles. The molecule has 0 saturated carbocycles. The number of carboxylic acids is 2. The number of carboxylic acid groups (broad SMARTS) is 2. The summed E-state index contributed by atoms with van der Waals surface area (Å²) >= 11 is 0. The van der Waals surface area contributed by atoms with Crippen LogP contribution >= 0.6 is 0 Å². The van der Waals surface area contributed by atoms with Crippen molar-refractivity contribution in [2.45, 2.75) is 61.4 Å². The summed E-state index contributed by atoms with van der Waals surface area (Å²) in [6.07, 6.45) is -15.9. The summed E-state index contributed by atoms with van der Waals surface area (Å²) in [5.41, 5.74) is 0.498. The number of rotatable bonds is 8. The Bertz CT molecular complexity index is 1330. The molecule has 2 aromatic carbocycles. The minimum absolute atomic E-state index is 0.125. The molecule has 2 aliphatic rings.